The van der Waals surface area contributed by atoms with Crippen LogP contribution in [0.15, 0.2) is 24.4 Å². The average Bonchev–Trinajstić information content (AvgIpc) is 3.24. The summed E-state index contributed by atoms with van der Waals surface area (Å²) in [6, 6.07) is 3.75. The van der Waals surface area contributed by atoms with Crippen molar-refractivity contribution < 1.29 is 35.8 Å². The van der Waals surface area contributed by atoms with Crippen molar-refractivity contribution in [3.8, 4) is 23.3 Å². The second-order valence-corrected chi connectivity index (χ2v) is 13.8. The number of nitrogens with zero attached hydrogens (tertiary/aromatic N) is 7. The highest BCUT2D eigenvalue weighted by Crippen LogP contribution is 2.69. The molecule has 0 radical (unpaired) electrons. The first kappa shape index (κ1) is 32.5. The maximum atomic E-state index is 16.8. The summed E-state index contributed by atoms with van der Waals surface area (Å²) in [7, 11) is 0. The number of aryl methyl sites for hydroxylation is 1. The van der Waals surface area contributed by atoms with Crippen LogP contribution in [0.2, 0.25) is 0 Å². The van der Waals surface area contributed by atoms with E-state index in [4.69, 9.17) is 25.9 Å². The fraction of sp³-hybridized carbons (Fsp3) is 0.485. The van der Waals surface area contributed by atoms with Gasteiger partial charge in [0, 0.05) is 24.7 Å². The van der Waals surface area contributed by atoms with Gasteiger partial charge in [0.1, 0.15) is 53.0 Å². The highest BCUT2D eigenvalue weighted by atomic mass is 19.4. The molecule has 264 valence electrons. The van der Waals surface area contributed by atoms with E-state index in [0.717, 1.165) is 12.5 Å². The minimum Gasteiger partial charge on any atom is -0.475 e. The van der Waals surface area contributed by atoms with Crippen molar-refractivity contribution in [1.82, 2.24) is 29.8 Å². The van der Waals surface area contributed by atoms with Gasteiger partial charge in [-0.25, -0.2) is 28.1 Å². The summed E-state index contributed by atoms with van der Waals surface area (Å²) in [4.78, 5) is 25.2. The van der Waals surface area contributed by atoms with Crippen molar-refractivity contribution >= 4 is 28.4 Å². The largest absolute Gasteiger partial charge is 0.475 e. The summed E-state index contributed by atoms with van der Waals surface area (Å²) >= 11 is 0. The Hall–Kier alpha value is -4.67. The number of hydrogen-bond acceptors (Lipinski definition) is 11. The molecule has 17 heteroatoms. The first-order valence-electron chi connectivity index (χ1n) is 16.2. The average molecular weight is 702 g/mol. The van der Waals surface area contributed by atoms with Crippen LogP contribution in [0.5, 0.6) is 11.9 Å². The van der Waals surface area contributed by atoms with Gasteiger partial charge in [-0.15, -0.1) is 0 Å². The molecule has 1 saturated carbocycles. The van der Waals surface area contributed by atoms with E-state index in [1.54, 1.807) is 23.2 Å². The Morgan fingerprint density at radius 3 is 2.58 bits per heavy atom. The molecule has 4 aliphatic rings. The zero-order valence-corrected chi connectivity index (χ0v) is 27.1. The summed E-state index contributed by atoms with van der Waals surface area (Å²) in [5.41, 5.74) is 7.42. The van der Waals surface area contributed by atoms with E-state index < -0.39 is 57.4 Å². The number of aromatic nitrogens is 5. The minimum absolute atomic E-state index is 0.00214. The number of ether oxygens (including phenoxy) is 2. The Labute approximate surface area is 282 Å². The van der Waals surface area contributed by atoms with Gasteiger partial charge in [-0.2, -0.15) is 23.1 Å². The number of pyridine rings is 3. The molecule has 11 nitrogen and oxygen atoms in total. The Bertz CT molecular complexity index is 2050. The van der Waals surface area contributed by atoms with Crippen LogP contribution in [0, 0.1) is 18.2 Å². The number of rotatable bonds is 6. The topological polar surface area (TPSA) is 141 Å². The molecule has 1 aliphatic carbocycles. The number of halogens is 6. The standard InChI is InChI=1S/C33H33F6N9O2/c1-16-11-19(40)43-24(21(16)33(37,38)39)25-22(34)23-20-27(48(9-10-49-28(20)44-25)17(2)18-5-3-7-42-26(18)41)46-29(45-23)50-15-31-6-4-8-47(31)14-30(12-31)13-32(30,35)36/h3,5,7,11,17H,4,6,8-10,12-15H2,1-2H3,(H2,40,43)(H2,41,42)/t17-,30-,31+/m1/s1. The Morgan fingerprint density at radius 2 is 1.86 bits per heavy atom. The summed E-state index contributed by atoms with van der Waals surface area (Å²) in [5.74, 6) is -4.06. The smallest absolute Gasteiger partial charge is 0.418 e. The lowest BCUT2D eigenvalue weighted by Crippen LogP contribution is -2.43. The van der Waals surface area contributed by atoms with Gasteiger partial charge in [0.25, 0.3) is 5.92 Å². The van der Waals surface area contributed by atoms with E-state index in [-0.39, 0.29) is 79.4 Å². The van der Waals surface area contributed by atoms with Gasteiger partial charge in [-0.1, -0.05) is 6.07 Å². The highest BCUT2D eigenvalue weighted by Gasteiger charge is 2.77. The summed E-state index contributed by atoms with van der Waals surface area (Å²) in [6.45, 7) is 4.04. The Morgan fingerprint density at radius 1 is 1.08 bits per heavy atom. The second-order valence-electron chi connectivity index (χ2n) is 13.8. The number of anilines is 3. The molecule has 3 atom stereocenters. The van der Waals surface area contributed by atoms with Crippen LogP contribution in [0.3, 0.4) is 0 Å². The number of nitrogen functional groups attached to an aromatic ring is 2. The van der Waals surface area contributed by atoms with Crippen LogP contribution >= 0.6 is 0 Å². The van der Waals surface area contributed by atoms with E-state index in [1.165, 1.54) is 6.92 Å². The first-order valence-corrected chi connectivity index (χ1v) is 16.2. The molecule has 0 amide bonds. The summed E-state index contributed by atoms with van der Waals surface area (Å²) in [6.07, 6.45) is -1.91. The SMILES string of the molecule is Cc1cc(N)nc(-c2nc3c4c(nc(OC[C@@]56CCCN5C[C@]5(CC5(F)F)C6)nc4c2F)N([C@H](C)c2cccnc2N)CCO3)c1C(F)(F)F. The number of nitrogens with two attached hydrogens (primary N) is 2. The minimum atomic E-state index is -4.93. The normalized spacial score (nSPS) is 24.7. The van der Waals surface area contributed by atoms with Gasteiger partial charge < -0.3 is 25.8 Å². The first-order chi connectivity index (χ1) is 23.6. The van der Waals surface area contributed by atoms with Crippen molar-refractivity contribution in [3.05, 3.63) is 46.9 Å². The molecule has 4 aromatic heterocycles. The molecule has 50 heavy (non-hydrogen) atoms. The third kappa shape index (κ3) is 4.94. The van der Waals surface area contributed by atoms with E-state index in [9.17, 15) is 22.0 Å². The van der Waals surface area contributed by atoms with Crippen LogP contribution in [-0.4, -0.2) is 74.1 Å². The van der Waals surface area contributed by atoms with Gasteiger partial charge in [-0.05, 0) is 57.4 Å². The number of hydrogen-bond donors (Lipinski definition) is 2. The molecule has 0 unspecified atom stereocenters. The van der Waals surface area contributed by atoms with Gasteiger partial charge >= 0.3 is 12.2 Å². The fourth-order valence-corrected chi connectivity index (χ4v) is 8.19. The lowest BCUT2D eigenvalue weighted by molar-refractivity contribution is -0.137. The van der Waals surface area contributed by atoms with Crippen molar-refractivity contribution in [2.75, 3.05) is 49.2 Å². The van der Waals surface area contributed by atoms with Gasteiger partial charge in [-0.3, -0.25) is 4.90 Å². The molecular weight excluding hydrogens is 668 g/mol. The second kappa shape index (κ2) is 10.9. The monoisotopic (exact) mass is 701 g/mol. The lowest BCUT2D eigenvalue weighted by Gasteiger charge is -2.32. The molecule has 7 heterocycles. The van der Waals surface area contributed by atoms with Crippen molar-refractivity contribution in [1.29, 1.82) is 0 Å². The van der Waals surface area contributed by atoms with Crippen molar-refractivity contribution in [2.24, 2.45) is 5.41 Å². The molecular formula is C33H33F6N9O2. The van der Waals surface area contributed by atoms with Gasteiger partial charge in [0.15, 0.2) is 5.82 Å². The number of fused-ring (bicyclic) bond motifs is 1. The molecule has 8 rings (SSSR count). The zero-order valence-electron chi connectivity index (χ0n) is 27.1. The van der Waals surface area contributed by atoms with Gasteiger partial charge in [0.05, 0.1) is 29.1 Å². The van der Waals surface area contributed by atoms with E-state index in [1.807, 2.05) is 11.8 Å². The summed E-state index contributed by atoms with van der Waals surface area (Å²) < 4.78 is 101. The lowest BCUT2D eigenvalue weighted by atomic mass is 9.89. The van der Waals surface area contributed by atoms with Crippen LogP contribution in [-0.2, 0) is 6.18 Å². The molecule has 3 fully saturated rings. The van der Waals surface area contributed by atoms with E-state index >= 15 is 4.39 Å². The van der Waals surface area contributed by atoms with E-state index in [2.05, 4.69) is 19.9 Å². The predicted molar refractivity (Wildman–Crippen MR) is 170 cm³/mol. The molecule has 4 N–H and O–H groups in total. The zero-order chi connectivity index (χ0) is 35.4. The molecule has 4 aromatic rings. The molecule has 0 aromatic carbocycles. The highest BCUT2D eigenvalue weighted by molar-refractivity contribution is 5.97. The van der Waals surface area contributed by atoms with Gasteiger partial charge in [0.2, 0.25) is 5.88 Å². The van der Waals surface area contributed by atoms with Crippen LogP contribution in [0.1, 0.15) is 55.3 Å². The van der Waals surface area contributed by atoms with E-state index in [0.29, 0.717) is 18.5 Å². The Kier molecular flexibility index (Phi) is 7.10. The molecule has 3 aliphatic heterocycles. The van der Waals surface area contributed by atoms with Crippen LogP contribution in [0.25, 0.3) is 22.3 Å². The summed E-state index contributed by atoms with van der Waals surface area (Å²) in [5, 5.41) is -0.00214. The van der Waals surface area contributed by atoms with Crippen LogP contribution in [0.4, 0.5) is 43.8 Å². The van der Waals surface area contributed by atoms with Crippen LogP contribution < -0.4 is 25.8 Å². The maximum Gasteiger partial charge on any atom is 0.418 e. The fourth-order valence-electron chi connectivity index (χ4n) is 8.19. The Balaban J connectivity index is 1.29. The third-order valence-electron chi connectivity index (χ3n) is 10.7. The third-order valence-corrected chi connectivity index (χ3v) is 10.7. The number of alkyl halides is 5. The van der Waals surface area contributed by atoms with Crippen molar-refractivity contribution in [2.45, 2.75) is 63.2 Å². The maximum absolute atomic E-state index is 16.8. The molecule has 0 bridgehead atoms. The molecule has 1 spiro atoms. The van der Waals surface area contributed by atoms with Crippen molar-refractivity contribution in [3.63, 3.8) is 0 Å². The molecule has 2 saturated heterocycles. The predicted octanol–water partition coefficient (Wildman–Crippen LogP) is 5.72. The quantitative estimate of drug-likeness (QED) is 0.239.